The number of β-amino-alcohol motifs (C(OH)–C–C–N with tert-alkyl or cyclic N) is 1. The van der Waals surface area contributed by atoms with Crippen LogP contribution in [0.2, 0.25) is 0 Å². The highest BCUT2D eigenvalue weighted by Crippen LogP contribution is 2.21. The van der Waals surface area contributed by atoms with Gasteiger partial charge in [0.25, 0.3) is 5.91 Å². The van der Waals surface area contributed by atoms with Crippen LogP contribution in [0, 0.1) is 6.92 Å². The molecule has 7 heteroatoms. The summed E-state index contributed by atoms with van der Waals surface area (Å²) in [5, 5.41) is 19.4. The Labute approximate surface area is 134 Å². The summed E-state index contributed by atoms with van der Waals surface area (Å²) in [5.74, 6) is 0.604. The van der Waals surface area contributed by atoms with Crippen molar-refractivity contribution >= 4 is 11.7 Å². The van der Waals surface area contributed by atoms with Gasteiger partial charge in [0.1, 0.15) is 11.5 Å². The Balaban J connectivity index is 1.69. The number of aromatic amines is 1. The molecule has 0 radical (unpaired) electrons. The van der Waals surface area contributed by atoms with Gasteiger partial charge in [-0.3, -0.25) is 9.89 Å². The maximum atomic E-state index is 12.1. The number of hydrogen-bond acceptors (Lipinski definition) is 5. The van der Waals surface area contributed by atoms with Crippen LogP contribution in [0.25, 0.3) is 0 Å². The van der Waals surface area contributed by atoms with Gasteiger partial charge >= 0.3 is 0 Å². The maximum absolute atomic E-state index is 12.1. The highest BCUT2D eigenvalue weighted by molar-refractivity contribution is 5.92. The highest BCUT2D eigenvalue weighted by Gasteiger charge is 2.21. The van der Waals surface area contributed by atoms with Crippen LogP contribution in [-0.4, -0.2) is 45.4 Å². The molecule has 23 heavy (non-hydrogen) atoms. The SMILES string of the molecule is Cc1cc(C(=O)NCc2cccnc2N2CCC[C@H](O)C2)n[nH]1. The van der Waals surface area contributed by atoms with Crippen LogP contribution >= 0.6 is 0 Å². The summed E-state index contributed by atoms with van der Waals surface area (Å²) in [6.07, 6.45) is 3.18. The molecule has 0 aromatic carbocycles. The summed E-state index contributed by atoms with van der Waals surface area (Å²) in [6.45, 7) is 3.68. The van der Waals surface area contributed by atoms with Crippen molar-refractivity contribution in [2.24, 2.45) is 0 Å². The van der Waals surface area contributed by atoms with Crippen molar-refractivity contribution < 1.29 is 9.90 Å². The Hall–Kier alpha value is -2.41. The summed E-state index contributed by atoms with van der Waals surface area (Å²) in [5.41, 5.74) is 2.16. The van der Waals surface area contributed by atoms with Crippen molar-refractivity contribution in [2.45, 2.75) is 32.4 Å². The van der Waals surface area contributed by atoms with Gasteiger partial charge in [0.05, 0.1) is 6.10 Å². The number of amides is 1. The summed E-state index contributed by atoms with van der Waals surface area (Å²) in [4.78, 5) is 18.6. The van der Waals surface area contributed by atoms with E-state index in [-0.39, 0.29) is 12.0 Å². The monoisotopic (exact) mass is 315 g/mol. The average molecular weight is 315 g/mol. The van der Waals surface area contributed by atoms with E-state index in [1.54, 1.807) is 12.3 Å². The Kier molecular flexibility index (Phi) is 4.57. The molecule has 1 fully saturated rings. The fourth-order valence-electron chi connectivity index (χ4n) is 2.80. The van der Waals surface area contributed by atoms with Gasteiger partial charge in [0.2, 0.25) is 0 Å². The second-order valence-corrected chi connectivity index (χ2v) is 5.85. The first-order valence-corrected chi connectivity index (χ1v) is 7.80. The third-order valence-corrected chi connectivity index (χ3v) is 3.94. The number of aliphatic hydroxyl groups excluding tert-OH is 1. The maximum Gasteiger partial charge on any atom is 0.272 e. The van der Waals surface area contributed by atoms with Gasteiger partial charge in [0, 0.05) is 37.1 Å². The molecular formula is C16H21N5O2. The Morgan fingerprint density at radius 2 is 2.43 bits per heavy atom. The van der Waals surface area contributed by atoms with Crippen LogP contribution in [0.15, 0.2) is 24.4 Å². The predicted octanol–water partition coefficient (Wildman–Crippen LogP) is 1.00. The Morgan fingerprint density at radius 1 is 1.57 bits per heavy atom. The van der Waals surface area contributed by atoms with Gasteiger partial charge in [0.15, 0.2) is 0 Å². The van der Waals surface area contributed by atoms with Gasteiger partial charge in [-0.1, -0.05) is 6.07 Å². The lowest BCUT2D eigenvalue weighted by Gasteiger charge is -2.32. The second-order valence-electron chi connectivity index (χ2n) is 5.85. The minimum Gasteiger partial charge on any atom is -0.391 e. The van der Waals surface area contributed by atoms with Crippen molar-refractivity contribution in [2.75, 3.05) is 18.0 Å². The molecule has 2 aromatic rings. The molecule has 3 N–H and O–H groups in total. The van der Waals surface area contributed by atoms with Gasteiger partial charge in [-0.15, -0.1) is 0 Å². The minimum absolute atomic E-state index is 0.220. The lowest BCUT2D eigenvalue weighted by molar-refractivity contribution is 0.0945. The summed E-state index contributed by atoms with van der Waals surface area (Å²) in [6, 6.07) is 5.50. The van der Waals surface area contributed by atoms with Gasteiger partial charge < -0.3 is 15.3 Å². The van der Waals surface area contributed by atoms with Crippen LogP contribution in [-0.2, 0) is 6.54 Å². The largest absolute Gasteiger partial charge is 0.391 e. The molecule has 122 valence electrons. The number of anilines is 1. The van der Waals surface area contributed by atoms with E-state index in [2.05, 4.69) is 25.4 Å². The van der Waals surface area contributed by atoms with E-state index < -0.39 is 0 Å². The molecule has 0 bridgehead atoms. The number of rotatable bonds is 4. The zero-order valence-electron chi connectivity index (χ0n) is 13.1. The van der Waals surface area contributed by atoms with E-state index in [9.17, 15) is 9.90 Å². The molecule has 3 rings (SSSR count). The van der Waals surface area contributed by atoms with Crippen molar-refractivity contribution in [3.8, 4) is 0 Å². The molecule has 0 spiro atoms. The fraction of sp³-hybridized carbons (Fsp3) is 0.438. The molecule has 1 aliphatic rings. The number of nitrogens with one attached hydrogen (secondary N) is 2. The zero-order valence-corrected chi connectivity index (χ0v) is 13.1. The van der Waals surface area contributed by atoms with Crippen LogP contribution in [0.1, 0.15) is 34.6 Å². The van der Waals surface area contributed by atoms with Gasteiger partial charge in [-0.25, -0.2) is 4.98 Å². The molecule has 7 nitrogen and oxygen atoms in total. The molecule has 1 saturated heterocycles. The molecule has 1 atom stereocenters. The number of aliphatic hydroxyl groups is 1. The molecule has 1 aliphatic heterocycles. The number of aromatic nitrogens is 3. The predicted molar refractivity (Wildman–Crippen MR) is 86.2 cm³/mol. The van der Waals surface area contributed by atoms with Crippen molar-refractivity contribution in [1.82, 2.24) is 20.5 Å². The van der Waals surface area contributed by atoms with E-state index >= 15 is 0 Å². The molecule has 0 saturated carbocycles. The minimum atomic E-state index is -0.319. The quantitative estimate of drug-likeness (QED) is 0.782. The summed E-state index contributed by atoms with van der Waals surface area (Å²) in [7, 11) is 0. The second kappa shape index (κ2) is 6.78. The van der Waals surface area contributed by atoms with Gasteiger partial charge in [-0.05, 0) is 31.9 Å². The van der Waals surface area contributed by atoms with Crippen LogP contribution < -0.4 is 10.2 Å². The first-order chi connectivity index (χ1) is 11.1. The summed E-state index contributed by atoms with van der Waals surface area (Å²) >= 11 is 0. The lowest BCUT2D eigenvalue weighted by Crippen LogP contribution is -2.39. The van der Waals surface area contributed by atoms with E-state index in [1.807, 2.05) is 19.1 Å². The normalized spacial score (nSPS) is 18.0. The lowest BCUT2D eigenvalue weighted by atomic mass is 10.1. The number of pyridine rings is 1. The topological polar surface area (TPSA) is 94.1 Å². The first kappa shape index (κ1) is 15.5. The number of carbonyl (C=O) groups excluding carboxylic acids is 1. The van der Waals surface area contributed by atoms with Crippen molar-refractivity contribution in [3.05, 3.63) is 41.3 Å². The highest BCUT2D eigenvalue weighted by atomic mass is 16.3. The number of carbonyl (C=O) groups is 1. The van der Waals surface area contributed by atoms with E-state index in [0.717, 1.165) is 36.5 Å². The molecule has 1 amide bonds. The number of aryl methyl sites for hydroxylation is 1. The molecule has 3 heterocycles. The number of piperidine rings is 1. The molecular weight excluding hydrogens is 294 g/mol. The van der Waals surface area contributed by atoms with Crippen LogP contribution in [0.3, 0.4) is 0 Å². The Morgan fingerprint density at radius 3 is 3.17 bits per heavy atom. The fourth-order valence-corrected chi connectivity index (χ4v) is 2.80. The summed E-state index contributed by atoms with van der Waals surface area (Å²) < 4.78 is 0. The average Bonchev–Trinajstić information content (AvgIpc) is 2.99. The molecule has 2 aromatic heterocycles. The zero-order chi connectivity index (χ0) is 16.2. The molecule has 0 aliphatic carbocycles. The third kappa shape index (κ3) is 3.68. The standard InChI is InChI=1S/C16H21N5O2/c1-11-8-14(20-19-11)16(23)18-9-12-4-2-6-17-15(12)21-7-3-5-13(22)10-21/h2,4,6,8,13,22H,3,5,7,9-10H2,1H3,(H,18,23)(H,19,20)/t13-/m0/s1. The van der Waals surface area contributed by atoms with Crippen molar-refractivity contribution in [1.29, 1.82) is 0 Å². The van der Waals surface area contributed by atoms with E-state index in [0.29, 0.717) is 18.8 Å². The smallest absolute Gasteiger partial charge is 0.272 e. The Bertz CT molecular complexity index is 685. The van der Waals surface area contributed by atoms with E-state index in [4.69, 9.17) is 0 Å². The van der Waals surface area contributed by atoms with Crippen LogP contribution in [0.4, 0.5) is 5.82 Å². The molecule has 0 unspecified atom stereocenters. The first-order valence-electron chi connectivity index (χ1n) is 7.80. The third-order valence-electron chi connectivity index (χ3n) is 3.94. The van der Waals surface area contributed by atoms with Crippen LogP contribution in [0.5, 0.6) is 0 Å². The van der Waals surface area contributed by atoms with E-state index in [1.165, 1.54) is 0 Å². The number of hydrogen-bond donors (Lipinski definition) is 3. The van der Waals surface area contributed by atoms with Crippen molar-refractivity contribution in [3.63, 3.8) is 0 Å². The van der Waals surface area contributed by atoms with Gasteiger partial charge in [-0.2, -0.15) is 5.10 Å². The number of H-pyrrole nitrogens is 1. The number of nitrogens with zero attached hydrogens (tertiary/aromatic N) is 3.